The van der Waals surface area contributed by atoms with Crippen molar-refractivity contribution in [2.24, 2.45) is 5.92 Å². The second-order valence-corrected chi connectivity index (χ2v) is 6.03. The molecule has 2 amide bonds. The van der Waals surface area contributed by atoms with E-state index in [1.165, 1.54) is 25.7 Å². The number of hydrogen-bond donors (Lipinski definition) is 2. The van der Waals surface area contributed by atoms with Crippen LogP contribution in [-0.2, 0) is 9.59 Å². The average Bonchev–Trinajstić information content (AvgIpc) is 2.90. The van der Waals surface area contributed by atoms with Crippen LogP contribution < -0.4 is 10.6 Å². The van der Waals surface area contributed by atoms with E-state index in [4.69, 9.17) is 0 Å². The Hall–Kier alpha value is -1.84. The first-order valence-corrected chi connectivity index (χ1v) is 7.72. The summed E-state index contributed by atoms with van der Waals surface area (Å²) in [4.78, 5) is 23.6. The number of rotatable bonds is 4. The Morgan fingerprint density at radius 1 is 1.05 bits per heavy atom. The maximum absolute atomic E-state index is 11.8. The Bertz CT molecular complexity index is 499. The van der Waals surface area contributed by atoms with Crippen LogP contribution >= 0.6 is 0 Å². The van der Waals surface area contributed by atoms with Crippen LogP contribution in [0.4, 0.5) is 5.69 Å². The third-order valence-corrected chi connectivity index (χ3v) is 4.00. The molecule has 0 saturated heterocycles. The third kappa shape index (κ3) is 4.88. The fourth-order valence-electron chi connectivity index (χ4n) is 3.00. The molecule has 0 atom stereocenters. The molecule has 2 N–H and O–H groups in total. The van der Waals surface area contributed by atoms with E-state index in [9.17, 15) is 9.59 Å². The fourth-order valence-corrected chi connectivity index (χ4v) is 3.00. The van der Waals surface area contributed by atoms with E-state index in [2.05, 4.69) is 10.6 Å². The highest BCUT2D eigenvalue weighted by molar-refractivity contribution is 6.39. The largest absolute Gasteiger partial charge is 0.348 e. The minimum atomic E-state index is -0.591. The molecule has 4 heteroatoms. The summed E-state index contributed by atoms with van der Waals surface area (Å²) in [5, 5.41) is 5.36. The normalized spacial score (nSPS) is 15.0. The number of carbonyl (C=O) groups excluding carboxylic acids is 2. The molecule has 114 valence electrons. The van der Waals surface area contributed by atoms with Gasteiger partial charge in [0, 0.05) is 12.2 Å². The van der Waals surface area contributed by atoms with Crippen LogP contribution in [0.25, 0.3) is 0 Å². The second-order valence-electron chi connectivity index (χ2n) is 6.03. The van der Waals surface area contributed by atoms with Crippen LogP contribution in [0.1, 0.15) is 43.2 Å². The highest BCUT2D eigenvalue weighted by atomic mass is 16.2. The minimum absolute atomic E-state index is 0.549. The van der Waals surface area contributed by atoms with E-state index in [1.54, 1.807) is 0 Å². The summed E-state index contributed by atoms with van der Waals surface area (Å²) in [6.07, 6.45) is 6.08. The van der Waals surface area contributed by atoms with Gasteiger partial charge in [-0.3, -0.25) is 9.59 Å². The summed E-state index contributed by atoms with van der Waals surface area (Å²) in [7, 11) is 0. The molecule has 1 saturated carbocycles. The Balaban J connectivity index is 1.77. The zero-order valence-corrected chi connectivity index (χ0v) is 12.9. The summed E-state index contributed by atoms with van der Waals surface area (Å²) < 4.78 is 0. The lowest BCUT2D eigenvalue weighted by Gasteiger charge is -2.10. The molecule has 1 aliphatic rings. The molecule has 4 nitrogen and oxygen atoms in total. The third-order valence-electron chi connectivity index (χ3n) is 4.00. The van der Waals surface area contributed by atoms with Gasteiger partial charge in [0.15, 0.2) is 0 Å². The van der Waals surface area contributed by atoms with Gasteiger partial charge in [0.05, 0.1) is 0 Å². The van der Waals surface area contributed by atoms with Crippen LogP contribution in [-0.4, -0.2) is 18.4 Å². The highest BCUT2D eigenvalue weighted by Gasteiger charge is 2.17. The quantitative estimate of drug-likeness (QED) is 0.837. The molecular weight excluding hydrogens is 264 g/mol. The van der Waals surface area contributed by atoms with Crippen molar-refractivity contribution in [2.45, 2.75) is 46.0 Å². The van der Waals surface area contributed by atoms with Gasteiger partial charge in [0.2, 0.25) is 0 Å². The number of nitrogens with one attached hydrogen (secondary N) is 2. The summed E-state index contributed by atoms with van der Waals surface area (Å²) in [5.41, 5.74) is 2.79. The summed E-state index contributed by atoms with van der Waals surface area (Å²) >= 11 is 0. The molecule has 1 aromatic carbocycles. The topological polar surface area (TPSA) is 58.2 Å². The van der Waals surface area contributed by atoms with Gasteiger partial charge in [-0.2, -0.15) is 0 Å². The molecule has 0 heterocycles. The van der Waals surface area contributed by atoms with Crippen molar-refractivity contribution >= 4 is 17.5 Å². The van der Waals surface area contributed by atoms with Crippen LogP contribution in [0.3, 0.4) is 0 Å². The van der Waals surface area contributed by atoms with Crippen LogP contribution in [0, 0.1) is 19.8 Å². The molecule has 1 fully saturated rings. The molecule has 1 aromatic rings. The van der Waals surface area contributed by atoms with Crippen molar-refractivity contribution in [3.63, 3.8) is 0 Å². The van der Waals surface area contributed by atoms with Crippen molar-refractivity contribution in [1.82, 2.24) is 5.32 Å². The smallest absolute Gasteiger partial charge is 0.313 e. The van der Waals surface area contributed by atoms with Gasteiger partial charge in [-0.25, -0.2) is 0 Å². The van der Waals surface area contributed by atoms with Crippen LogP contribution in [0.15, 0.2) is 18.2 Å². The maximum atomic E-state index is 11.8. The van der Waals surface area contributed by atoms with Crippen molar-refractivity contribution in [3.05, 3.63) is 29.3 Å². The van der Waals surface area contributed by atoms with E-state index < -0.39 is 11.8 Å². The molecule has 0 unspecified atom stereocenters. The first-order chi connectivity index (χ1) is 10.0. The lowest BCUT2D eigenvalue weighted by atomic mass is 10.0. The first-order valence-electron chi connectivity index (χ1n) is 7.72. The lowest BCUT2D eigenvalue weighted by Crippen LogP contribution is -2.36. The van der Waals surface area contributed by atoms with Gasteiger partial charge < -0.3 is 10.6 Å². The van der Waals surface area contributed by atoms with E-state index >= 15 is 0 Å². The van der Waals surface area contributed by atoms with Crippen molar-refractivity contribution in [3.8, 4) is 0 Å². The van der Waals surface area contributed by atoms with Crippen LogP contribution in [0.2, 0.25) is 0 Å². The zero-order chi connectivity index (χ0) is 15.2. The Morgan fingerprint density at radius 3 is 2.29 bits per heavy atom. The zero-order valence-electron chi connectivity index (χ0n) is 12.9. The first kappa shape index (κ1) is 15.5. The molecule has 0 aliphatic heterocycles. The molecule has 0 aromatic heterocycles. The fraction of sp³-hybridized carbons (Fsp3) is 0.529. The van der Waals surface area contributed by atoms with Gasteiger partial charge in [-0.15, -0.1) is 0 Å². The average molecular weight is 288 g/mol. The summed E-state index contributed by atoms with van der Waals surface area (Å²) in [6.45, 7) is 4.51. The monoisotopic (exact) mass is 288 g/mol. The maximum Gasteiger partial charge on any atom is 0.313 e. The Kier molecular flexibility index (Phi) is 5.37. The number of anilines is 1. The molecule has 0 spiro atoms. The van der Waals surface area contributed by atoms with Gasteiger partial charge in [-0.05, 0) is 49.4 Å². The molecule has 0 radical (unpaired) electrons. The number of amides is 2. The number of benzene rings is 1. The molecule has 21 heavy (non-hydrogen) atoms. The van der Waals surface area contributed by atoms with E-state index in [0.29, 0.717) is 18.2 Å². The van der Waals surface area contributed by atoms with Gasteiger partial charge in [0.25, 0.3) is 0 Å². The van der Waals surface area contributed by atoms with E-state index in [1.807, 2.05) is 32.0 Å². The van der Waals surface area contributed by atoms with Crippen molar-refractivity contribution < 1.29 is 9.59 Å². The van der Waals surface area contributed by atoms with Crippen molar-refractivity contribution in [2.75, 3.05) is 11.9 Å². The number of hydrogen-bond acceptors (Lipinski definition) is 2. The number of carbonyl (C=O) groups is 2. The lowest BCUT2D eigenvalue weighted by molar-refractivity contribution is -0.136. The summed E-state index contributed by atoms with van der Waals surface area (Å²) in [6, 6.07) is 5.74. The SMILES string of the molecule is Cc1cc(C)cc(NC(=O)C(=O)NCCC2CCCC2)c1. The second kappa shape index (κ2) is 7.25. The van der Waals surface area contributed by atoms with Crippen LogP contribution in [0.5, 0.6) is 0 Å². The molecular formula is C17H24N2O2. The minimum Gasteiger partial charge on any atom is -0.348 e. The van der Waals surface area contributed by atoms with Crippen molar-refractivity contribution in [1.29, 1.82) is 0 Å². The highest BCUT2D eigenvalue weighted by Crippen LogP contribution is 2.26. The van der Waals surface area contributed by atoms with E-state index in [0.717, 1.165) is 17.5 Å². The Morgan fingerprint density at radius 2 is 1.67 bits per heavy atom. The number of aryl methyl sites for hydroxylation is 2. The predicted octanol–water partition coefficient (Wildman–Crippen LogP) is 2.94. The molecule has 2 rings (SSSR count). The predicted molar refractivity (Wildman–Crippen MR) is 84.1 cm³/mol. The van der Waals surface area contributed by atoms with Gasteiger partial charge in [-0.1, -0.05) is 31.7 Å². The summed E-state index contributed by atoms with van der Waals surface area (Å²) in [5.74, 6) is -0.425. The molecule has 1 aliphatic carbocycles. The standard InChI is InChI=1S/C17H24N2O2/c1-12-9-13(2)11-15(10-12)19-17(21)16(20)18-8-7-14-5-3-4-6-14/h9-11,14H,3-8H2,1-2H3,(H,18,20)(H,19,21). The van der Waals surface area contributed by atoms with Gasteiger partial charge >= 0.3 is 11.8 Å². The Labute approximate surface area is 126 Å². The molecule has 0 bridgehead atoms. The van der Waals surface area contributed by atoms with E-state index in [-0.39, 0.29) is 0 Å². The van der Waals surface area contributed by atoms with Gasteiger partial charge in [0.1, 0.15) is 0 Å².